The van der Waals surface area contributed by atoms with Crippen LogP contribution in [0.25, 0.3) is 0 Å². The van der Waals surface area contributed by atoms with Crippen molar-refractivity contribution in [2.24, 2.45) is 0 Å². The van der Waals surface area contributed by atoms with Gasteiger partial charge in [0, 0.05) is 30.4 Å². The first kappa shape index (κ1) is 22.9. The van der Waals surface area contributed by atoms with E-state index in [9.17, 15) is 23.2 Å². The molecule has 1 unspecified atom stereocenters. The number of pyridine rings is 1. The molecule has 0 radical (unpaired) electrons. The highest BCUT2D eigenvalue weighted by atomic mass is 19.1. The molecule has 1 saturated heterocycles. The second-order valence-corrected chi connectivity index (χ2v) is 8.14. The molecule has 0 spiro atoms. The largest absolute Gasteiger partial charge is 0.487 e. The van der Waals surface area contributed by atoms with Crippen LogP contribution in [0.5, 0.6) is 5.75 Å². The second-order valence-electron chi connectivity index (χ2n) is 8.14. The van der Waals surface area contributed by atoms with E-state index in [2.05, 4.69) is 5.32 Å². The summed E-state index contributed by atoms with van der Waals surface area (Å²) in [4.78, 5) is 40.9. The molecular weight excluding hydrogens is 436 g/mol. The molecule has 2 atom stereocenters. The van der Waals surface area contributed by atoms with Crippen molar-refractivity contribution in [1.29, 1.82) is 0 Å². The van der Waals surface area contributed by atoms with Gasteiger partial charge in [0.25, 0.3) is 11.8 Å². The molecule has 8 nitrogen and oxygen atoms in total. The van der Waals surface area contributed by atoms with Crippen LogP contribution in [0.1, 0.15) is 53.1 Å². The standard InChI is InChI=1S/C23H25F2N3O5/c1-3-7-33-21-19-23(31)28-13(2)6-8-32-18(28)12-27(19)11-16(20(21)29)22(30)26-10-14-4-5-15(24)9-17(14)25/h4-5,9,11,13,18H,3,6-8,10,12H2,1-2H3,(H,26,30)/t13-,18?/m1/s1. The van der Waals surface area contributed by atoms with Gasteiger partial charge in [0.1, 0.15) is 17.2 Å². The van der Waals surface area contributed by atoms with E-state index < -0.39 is 29.2 Å². The van der Waals surface area contributed by atoms with Crippen LogP contribution in [-0.4, -0.2) is 46.8 Å². The summed E-state index contributed by atoms with van der Waals surface area (Å²) in [5.41, 5.74) is -0.800. The van der Waals surface area contributed by atoms with E-state index in [-0.39, 0.29) is 54.2 Å². The van der Waals surface area contributed by atoms with E-state index in [1.165, 1.54) is 16.8 Å². The lowest BCUT2D eigenvalue weighted by molar-refractivity contribution is -0.112. The summed E-state index contributed by atoms with van der Waals surface area (Å²) in [6.07, 6.45) is 2.07. The molecule has 4 rings (SSSR count). The third-order valence-corrected chi connectivity index (χ3v) is 5.81. The summed E-state index contributed by atoms with van der Waals surface area (Å²) >= 11 is 0. The maximum absolute atomic E-state index is 13.9. The third kappa shape index (κ3) is 4.35. The van der Waals surface area contributed by atoms with Crippen molar-refractivity contribution >= 4 is 11.8 Å². The van der Waals surface area contributed by atoms with Crippen molar-refractivity contribution < 1.29 is 27.8 Å². The normalized spacial score (nSPS) is 19.6. The van der Waals surface area contributed by atoms with Crippen LogP contribution >= 0.6 is 0 Å². The van der Waals surface area contributed by atoms with E-state index in [0.717, 1.165) is 6.07 Å². The Hall–Kier alpha value is -3.27. The number of ether oxygens (including phenoxy) is 2. The summed E-state index contributed by atoms with van der Waals surface area (Å²) in [6, 6.07) is 2.95. The zero-order valence-electron chi connectivity index (χ0n) is 18.4. The first-order valence-electron chi connectivity index (χ1n) is 10.9. The van der Waals surface area contributed by atoms with Crippen LogP contribution in [0, 0.1) is 11.6 Å². The summed E-state index contributed by atoms with van der Waals surface area (Å²) in [7, 11) is 0. The smallest absolute Gasteiger partial charge is 0.276 e. The van der Waals surface area contributed by atoms with Crippen LogP contribution in [0.4, 0.5) is 8.78 Å². The molecule has 2 aromatic rings. The molecule has 1 aromatic carbocycles. The number of carbonyl (C=O) groups excluding carboxylic acids is 2. The SMILES string of the molecule is CCCOc1c2n(cc(C(=O)NCc3ccc(F)cc3F)c1=O)CC1OCC[C@@H](C)N1C2=O. The zero-order chi connectivity index (χ0) is 23.7. The lowest BCUT2D eigenvalue weighted by Crippen LogP contribution is -2.57. The number of hydrogen-bond donors (Lipinski definition) is 1. The van der Waals surface area contributed by atoms with Gasteiger partial charge in [0.2, 0.25) is 5.43 Å². The van der Waals surface area contributed by atoms with Crippen LogP contribution < -0.4 is 15.5 Å². The number of nitrogens with zero attached hydrogens (tertiary/aromatic N) is 2. The second kappa shape index (κ2) is 9.30. The Labute approximate surface area is 189 Å². The number of amides is 2. The molecule has 2 aliphatic heterocycles. The van der Waals surface area contributed by atoms with E-state index in [1.54, 1.807) is 4.90 Å². The first-order valence-corrected chi connectivity index (χ1v) is 10.9. The number of fused-ring (bicyclic) bond motifs is 2. The van der Waals surface area contributed by atoms with E-state index in [0.29, 0.717) is 25.5 Å². The number of hydrogen-bond acceptors (Lipinski definition) is 5. The number of halogens is 2. The Kier molecular flexibility index (Phi) is 6.46. The molecule has 2 aliphatic rings. The molecular formula is C23H25F2N3O5. The summed E-state index contributed by atoms with van der Waals surface area (Å²) in [5, 5.41) is 2.48. The Bertz CT molecular complexity index is 1150. The molecule has 3 heterocycles. The molecule has 10 heteroatoms. The van der Waals surface area contributed by atoms with Gasteiger partial charge in [-0.1, -0.05) is 13.0 Å². The topological polar surface area (TPSA) is 89.9 Å². The van der Waals surface area contributed by atoms with Crippen molar-refractivity contribution in [3.05, 3.63) is 63.1 Å². The molecule has 1 N–H and O–H groups in total. The Morgan fingerprint density at radius 1 is 1.30 bits per heavy atom. The molecule has 0 saturated carbocycles. The number of aromatic nitrogens is 1. The monoisotopic (exact) mass is 461 g/mol. The molecule has 33 heavy (non-hydrogen) atoms. The van der Waals surface area contributed by atoms with Crippen LogP contribution in [-0.2, 0) is 17.8 Å². The number of carbonyl (C=O) groups is 2. The van der Waals surface area contributed by atoms with Gasteiger partial charge in [-0.2, -0.15) is 0 Å². The van der Waals surface area contributed by atoms with Gasteiger partial charge in [0.15, 0.2) is 17.7 Å². The minimum absolute atomic E-state index is 0.0623. The lowest BCUT2D eigenvalue weighted by atomic mass is 10.1. The summed E-state index contributed by atoms with van der Waals surface area (Å²) in [6.45, 7) is 4.46. The van der Waals surface area contributed by atoms with Crippen molar-refractivity contribution in [2.75, 3.05) is 13.2 Å². The predicted octanol–water partition coefficient (Wildman–Crippen LogP) is 2.44. The minimum atomic E-state index is -0.807. The number of rotatable bonds is 6. The highest BCUT2D eigenvalue weighted by Crippen LogP contribution is 2.30. The van der Waals surface area contributed by atoms with Gasteiger partial charge in [-0.25, -0.2) is 8.78 Å². The first-order chi connectivity index (χ1) is 15.8. The summed E-state index contributed by atoms with van der Waals surface area (Å²) in [5.74, 6) is -2.86. The fraction of sp³-hybridized carbons (Fsp3) is 0.435. The van der Waals surface area contributed by atoms with Crippen LogP contribution in [0.3, 0.4) is 0 Å². The highest BCUT2D eigenvalue weighted by Gasteiger charge is 2.41. The number of benzene rings is 1. The van der Waals surface area contributed by atoms with Crippen molar-refractivity contribution in [3.63, 3.8) is 0 Å². The fourth-order valence-electron chi connectivity index (χ4n) is 4.08. The predicted molar refractivity (Wildman–Crippen MR) is 114 cm³/mol. The minimum Gasteiger partial charge on any atom is -0.487 e. The maximum Gasteiger partial charge on any atom is 0.276 e. The van der Waals surface area contributed by atoms with E-state index in [1.807, 2.05) is 13.8 Å². The third-order valence-electron chi connectivity index (χ3n) is 5.81. The molecule has 0 aliphatic carbocycles. The average molecular weight is 461 g/mol. The van der Waals surface area contributed by atoms with Gasteiger partial charge in [0.05, 0.1) is 19.8 Å². The van der Waals surface area contributed by atoms with Gasteiger partial charge in [-0.15, -0.1) is 0 Å². The Morgan fingerprint density at radius 3 is 2.82 bits per heavy atom. The fourth-order valence-corrected chi connectivity index (χ4v) is 4.08. The van der Waals surface area contributed by atoms with Gasteiger partial charge >= 0.3 is 0 Å². The van der Waals surface area contributed by atoms with Crippen molar-refractivity contribution in [3.8, 4) is 5.75 Å². The average Bonchev–Trinajstić information content (AvgIpc) is 2.77. The maximum atomic E-state index is 13.9. The van der Waals surface area contributed by atoms with E-state index in [4.69, 9.17) is 9.47 Å². The van der Waals surface area contributed by atoms with Crippen LogP contribution in [0.2, 0.25) is 0 Å². The van der Waals surface area contributed by atoms with Crippen molar-refractivity contribution in [1.82, 2.24) is 14.8 Å². The summed E-state index contributed by atoms with van der Waals surface area (Å²) < 4.78 is 39.9. The molecule has 2 amide bonds. The van der Waals surface area contributed by atoms with Crippen LogP contribution in [0.15, 0.2) is 29.2 Å². The highest BCUT2D eigenvalue weighted by molar-refractivity contribution is 5.99. The molecule has 1 fully saturated rings. The lowest BCUT2D eigenvalue weighted by Gasteiger charge is -2.44. The Balaban J connectivity index is 1.69. The van der Waals surface area contributed by atoms with E-state index >= 15 is 0 Å². The molecule has 176 valence electrons. The number of nitrogens with one attached hydrogen (secondary N) is 1. The van der Waals surface area contributed by atoms with Crippen molar-refractivity contribution in [2.45, 2.75) is 52.0 Å². The Morgan fingerprint density at radius 2 is 2.09 bits per heavy atom. The van der Waals surface area contributed by atoms with Gasteiger partial charge < -0.3 is 24.3 Å². The van der Waals surface area contributed by atoms with Gasteiger partial charge in [-0.3, -0.25) is 14.4 Å². The van der Waals surface area contributed by atoms with Gasteiger partial charge in [-0.05, 0) is 25.8 Å². The molecule has 0 bridgehead atoms. The quantitative estimate of drug-likeness (QED) is 0.714. The molecule has 1 aromatic heterocycles. The zero-order valence-corrected chi connectivity index (χ0v) is 18.4.